The van der Waals surface area contributed by atoms with Gasteiger partial charge in [-0.25, -0.2) is 0 Å². The van der Waals surface area contributed by atoms with E-state index in [-0.39, 0.29) is 5.91 Å². The summed E-state index contributed by atoms with van der Waals surface area (Å²) < 4.78 is 1.82. The van der Waals surface area contributed by atoms with Gasteiger partial charge < -0.3 is 14.4 Å². The highest BCUT2D eigenvalue weighted by Gasteiger charge is 2.27. The molecular weight excluding hydrogens is 396 g/mol. The fourth-order valence-electron chi connectivity index (χ4n) is 3.84. The Morgan fingerprint density at radius 2 is 1.77 bits per heavy atom. The molecule has 0 N–H and O–H groups in total. The lowest BCUT2D eigenvalue weighted by Gasteiger charge is -2.36. The summed E-state index contributed by atoms with van der Waals surface area (Å²) in [6, 6.07) is 19.7. The Bertz CT molecular complexity index is 1090. The second-order valence-corrected chi connectivity index (χ2v) is 7.78. The molecule has 5 nitrogen and oxygen atoms in total. The predicted octanol–water partition coefficient (Wildman–Crippen LogP) is 4.53. The first-order chi connectivity index (χ1) is 14.6. The van der Waals surface area contributed by atoms with Crippen LogP contribution in [0.5, 0.6) is 0 Å². The van der Waals surface area contributed by atoms with E-state index in [1.807, 2.05) is 45.9 Å². The summed E-state index contributed by atoms with van der Waals surface area (Å²) in [5, 5.41) is 10.3. The monoisotopic (exact) mass is 418 g/mol. The van der Waals surface area contributed by atoms with Gasteiger partial charge in [-0.3, -0.25) is 4.79 Å². The summed E-state index contributed by atoms with van der Waals surface area (Å²) in [6.45, 7) is 4.74. The third-order valence-electron chi connectivity index (χ3n) is 5.57. The molecule has 1 aromatic heterocycles. The Morgan fingerprint density at radius 1 is 1.03 bits per heavy atom. The van der Waals surface area contributed by atoms with Gasteiger partial charge in [-0.15, -0.1) is 0 Å². The molecule has 1 fully saturated rings. The number of benzene rings is 2. The minimum atomic E-state index is -0.109. The minimum Gasteiger partial charge on any atom is -0.368 e. The predicted molar refractivity (Wildman–Crippen MR) is 119 cm³/mol. The molecule has 1 amide bonds. The molecule has 0 bridgehead atoms. The zero-order valence-electron chi connectivity index (χ0n) is 16.9. The molecule has 152 valence electrons. The number of aryl methyl sites for hydroxylation is 1. The summed E-state index contributed by atoms with van der Waals surface area (Å²) in [4.78, 5) is 17.4. The lowest BCUT2D eigenvalue weighted by molar-refractivity contribution is 0.0738. The van der Waals surface area contributed by atoms with Crippen LogP contribution in [0.25, 0.3) is 5.69 Å². The first-order valence-corrected chi connectivity index (χ1v) is 10.5. The van der Waals surface area contributed by atoms with Crippen LogP contribution in [0, 0.1) is 11.3 Å². The third-order valence-corrected chi connectivity index (χ3v) is 5.81. The van der Waals surface area contributed by atoms with Gasteiger partial charge in [-0.1, -0.05) is 36.7 Å². The second-order valence-electron chi connectivity index (χ2n) is 7.34. The number of nitrogens with zero attached hydrogens (tertiary/aromatic N) is 4. The van der Waals surface area contributed by atoms with Crippen LogP contribution in [-0.4, -0.2) is 41.6 Å². The van der Waals surface area contributed by atoms with Crippen molar-refractivity contribution in [1.82, 2.24) is 9.47 Å². The average molecular weight is 419 g/mol. The normalized spacial score (nSPS) is 13.9. The minimum absolute atomic E-state index is 0.109. The molecular formula is C24H23ClN4O. The molecule has 2 aromatic carbocycles. The smallest absolute Gasteiger partial charge is 0.272 e. The molecule has 3 aromatic rings. The number of amides is 1. The molecule has 4 rings (SSSR count). The van der Waals surface area contributed by atoms with Gasteiger partial charge in [0.05, 0.1) is 5.56 Å². The molecule has 6 heteroatoms. The maximum absolute atomic E-state index is 13.4. The maximum atomic E-state index is 13.4. The molecule has 1 saturated heterocycles. The Kier molecular flexibility index (Phi) is 5.78. The number of hydrogen-bond donors (Lipinski definition) is 0. The van der Waals surface area contributed by atoms with E-state index in [0.717, 1.165) is 30.9 Å². The van der Waals surface area contributed by atoms with Crippen molar-refractivity contribution in [1.29, 1.82) is 5.26 Å². The number of carbonyl (C=O) groups excluding carboxylic acids is 1. The summed E-state index contributed by atoms with van der Waals surface area (Å²) in [5.74, 6) is -0.109. The number of halogens is 1. The van der Waals surface area contributed by atoms with Gasteiger partial charge in [0.1, 0.15) is 11.8 Å². The van der Waals surface area contributed by atoms with Gasteiger partial charge in [0.25, 0.3) is 5.91 Å². The van der Waals surface area contributed by atoms with Crippen LogP contribution in [0.1, 0.15) is 28.5 Å². The fraction of sp³-hybridized carbons (Fsp3) is 0.250. The van der Waals surface area contributed by atoms with Crippen molar-refractivity contribution in [3.63, 3.8) is 0 Å². The molecule has 30 heavy (non-hydrogen) atoms. The summed E-state index contributed by atoms with van der Waals surface area (Å²) in [6.07, 6.45) is 2.76. The molecule has 1 aliphatic rings. The lowest BCUT2D eigenvalue weighted by atomic mass is 10.1. The molecule has 2 heterocycles. The van der Waals surface area contributed by atoms with Gasteiger partial charge in [0.2, 0.25) is 0 Å². The largest absolute Gasteiger partial charge is 0.368 e. The van der Waals surface area contributed by atoms with Crippen LogP contribution in [0.3, 0.4) is 0 Å². The van der Waals surface area contributed by atoms with Crippen molar-refractivity contribution < 1.29 is 4.79 Å². The van der Waals surface area contributed by atoms with Gasteiger partial charge in [0, 0.05) is 48.8 Å². The van der Waals surface area contributed by atoms with Crippen LogP contribution >= 0.6 is 11.6 Å². The van der Waals surface area contributed by atoms with Gasteiger partial charge in [-0.05, 0) is 48.4 Å². The van der Waals surface area contributed by atoms with Crippen LogP contribution in [0.4, 0.5) is 5.69 Å². The highest BCUT2D eigenvalue weighted by molar-refractivity contribution is 6.30. The number of nitriles is 1. The van der Waals surface area contributed by atoms with E-state index in [9.17, 15) is 10.1 Å². The lowest BCUT2D eigenvalue weighted by Crippen LogP contribution is -2.49. The Balaban J connectivity index is 1.55. The zero-order chi connectivity index (χ0) is 21.1. The molecule has 0 aliphatic carbocycles. The van der Waals surface area contributed by atoms with Crippen LogP contribution < -0.4 is 4.90 Å². The molecule has 0 atom stereocenters. The number of piperazine rings is 1. The first kappa shape index (κ1) is 20.1. The van der Waals surface area contributed by atoms with E-state index in [1.165, 1.54) is 5.56 Å². The van der Waals surface area contributed by atoms with Gasteiger partial charge >= 0.3 is 0 Å². The van der Waals surface area contributed by atoms with E-state index >= 15 is 0 Å². The fourth-order valence-corrected chi connectivity index (χ4v) is 4.02. The van der Waals surface area contributed by atoms with Crippen molar-refractivity contribution >= 4 is 23.2 Å². The van der Waals surface area contributed by atoms with E-state index in [2.05, 4.69) is 30.0 Å². The van der Waals surface area contributed by atoms with Crippen LogP contribution in [-0.2, 0) is 6.42 Å². The molecule has 0 unspecified atom stereocenters. The Labute approximate surface area is 181 Å². The van der Waals surface area contributed by atoms with Gasteiger partial charge in [0.15, 0.2) is 0 Å². The highest BCUT2D eigenvalue weighted by atomic mass is 35.5. The number of anilines is 1. The maximum Gasteiger partial charge on any atom is 0.272 e. The topological polar surface area (TPSA) is 52.3 Å². The average Bonchev–Trinajstić information content (AvgIpc) is 3.23. The summed E-state index contributed by atoms with van der Waals surface area (Å²) in [5.41, 5.74) is 4.01. The first-order valence-electron chi connectivity index (χ1n) is 10.1. The number of rotatable bonds is 4. The highest BCUT2D eigenvalue weighted by Crippen LogP contribution is 2.23. The van der Waals surface area contributed by atoms with E-state index in [1.54, 1.807) is 12.3 Å². The SMILES string of the molecule is CCc1ccc(-n2ccc(C#N)c2C(=O)N2CCN(c3cccc(Cl)c3)CC2)cc1. The van der Waals surface area contributed by atoms with E-state index in [0.29, 0.717) is 29.4 Å². The van der Waals surface area contributed by atoms with E-state index < -0.39 is 0 Å². The zero-order valence-corrected chi connectivity index (χ0v) is 17.6. The van der Waals surface area contributed by atoms with Crippen LogP contribution in [0.15, 0.2) is 60.8 Å². The van der Waals surface area contributed by atoms with E-state index in [4.69, 9.17) is 11.6 Å². The summed E-state index contributed by atoms with van der Waals surface area (Å²) in [7, 11) is 0. The molecule has 0 saturated carbocycles. The van der Waals surface area contributed by atoms with Crippen molar-refractivity contribution in [3.05, 3.63) is 82.6 Å². The quantitative estimate of drug-likeness (QED) is 0.625. The molecule has 0 spiro atoms. The Morgan fingerprint density at radius 3 is 2.40 bits per heavy atom. The summed E-state index contributed by atoms with van der Waals surface area (Å²) >= 11 is 6.11. The van der Waals surface area contributed by atoms with Crippen LogP contribution in [0.2, 0.25) is 5.02 Å². The van der Waals surface area contributed by atoms with Crippen molar-refractivity contribution in [3.8, 4) is 11.8 Å². The molecule has 1 aliphatic heterocycles. The number of hydrogen-bond acceptors (Lipinski definition) is 3. The standard InChI is InChI=1S/C24H23ClN4O/c1-2-18-6-8-21(9-7-18)29-11-10-19(17-26)23(29)24(30)28-14-12-27(13-15-28)22-5-3-4-20(25)16-22/h3-11,16H,2,12-15H2,1H3. The van der Waals surface area contributed by atoms with Crippen molar-refractivity contribution in [2.24, 2.45) is 0 Å². The second kappa shape index (κ2) is 8.64. The molecule has 0 radical (unpaired) electrons. The third kappa shape index (κ3) is 3.92. The number of aromatic nitrogens is 1. The number of carbonyl (C=O) groups is 1. The van der Waals surface area contributed by atoms with Crippen molar-refractivity contribution in [2.45, 2.75) is 13.3 Å². The Hall–Kier alpha value is -3.23. The van der Waals surface area contributed by atoms with Gasteiger partial charge in [-0.2, -0.15) is 5.26 Å². The van der Waals surface area contributed by atoms with Crippen molar-refractivity contribution in [2.75, 3.05) is 31.1 Å².